The summed E-state index contributed by atoms with van der Waals surface area (Å²) in [4.78, 5) is 13.8. The zero-order valence-corrected chi connectivity index (χ0v) is 19.7. The molecule has 1 saturated carbocycles. The van der Waals surface area contributed by atoms with Gasteiger partial charge in [0.25, 0.3) is 0 Å². The van der Waals surface area contributed by atoms with Gasteiger partial charge < -0.3 is 16.0 Å². The van der Waals surface area contributed by atoms with Crippen LogP contribution in [0.15, 0.2) is 23.9 Å². The number of nitrogens with one attached hydrogen (secondary N) is 1. The molecule has 178 valence electrons. The van der Waals surface area contributed by atoms with Crippen LogP contribution in [0.5, 0.6) is 0 Å². The van der Waals surface area contributed by atoms with Gasteiger partial charge in [-0.05, 0) is 64.1 Å². The van der Waals surface area contributed by atoms with Gasteiger partial charge in [-0.3, -0.25) is 4.90 Å². The topological polar surface area (TPSA) is 88.1 Å². The van der Waals surface area contributed by atoms with Gasteiger partial charge in [-0.2, -0.15) is 5.10 Å². The second kappa shape index (κ2) is 9.38. The van der Waals surface area contributed by atoms with Crippen molar-refractivity contribution in [2.75, 3.05) is 45.5 Å². The Morgan fingerprint density at radius 1 is 1.06 bits per heavy atom. The minimum absolute atomic E-state index is 0.219. The molecule has 0 unspecified atom stereocenters. The van der Waals surface area contributed by atoms with Crippen LogP contribution in [0.2, 0.25) is 0 Å². The molecule has 33 heavy (non-hydrogen) atoms. The van der Waals surface area contributed by atoms with Crippen LogP contribution in [0, 0.1) is 0 Å². The summed E-state index contributed by atoms with van der Waals surface area (Å²) >= 11 is 0. The highest BCUT2D eigenvalue weighted by atomic mass is 19.1. The summed E-state index contributed by atoms with van der Waals surface area (Å²) in [6, 6.07) is 0.932. The molecule has 1 saturated heterocycles. The summed E-state index contributed by atoms with van der Waals surface area (Å²) in [6.07, 6.45) is 8.91. The summed E-state index contributed by atoms with van der Waals surface area (Å²) in [7, 11) is 2.20. The van der Waals surface area contributed by atoms with Gasteiger partial charge in [0, 0.05) is 44.5 Å². The van der Waals surface area contributed by atoms with E-state index in [1.165, 1.54) is 6.33 Å². The van der Waals surface area contributed by atoms with Crippen LogP contribution in [-0.4, -0.2) is 75.4 Å². The molecular formula is C24H35FN8. The smallest absolute Gasteiger partial charge is 0.164 e. The minimum Gasteiger partial charge on any atom is -0.386 e. The molecule has 2 aliphatic carbocycles. The Bertz CT molecular complexity index is 1060. The van der Waals surface area contributed by atoms with Gasteiger partial charge in [0.15, 0.2) is 5.65 Å². The molecule has 5 rings (SSSR count). The molecule has 2 aromatic heterocycles. The fourth-order valence-electron chi connectivity index (χ4n) is 5.59. The number of nitrogen functional groups attached to an aromatic ring is 1. The van der Waals surface area contributed by atoms with Gasteiger partial charge in [0.05, 0.1) is 11.4 Å². The number of likely N-dealkylation sites (N-methyl/N-ethyl adjacent to an activating group) is 1. The zero-order chi connectivity index (χ0) is 22.9. The van der Waals surface area contributed by atoms with Crippen molar-refractivity contribution in [3.8, 4) is 0 Å². The van der Waals surface area contributed by atoms with Gasteiger partial charge >= 0.3 is 0 Å². The van der Waals surface area contributed by atoms with E-state index >= 15 is 0 Å². The van der Waals surface area contributed by atoms with E-state index in [1.807, 2.05) is 11.6 Å². The first-order valence-electron chi connectivity index (χ1n) is 12.3. The van der Waals surface area contributed by atoms with Crippen LogP contribution in [0.1, 0.15) is 57.2 Å². The van der Waals surface area contributed by atoms with Gasteiger partial charge in [0.2, 0.25) is 0 Å². The summed E-state index contributed by atoms with van der Waals surface area (Å²) in [5.74, 6) is 0.194. The third-order valence-corrected chi connectivity index (χ3v) is 7.51. The lowest BCUT2D eigenvalue weighted by atomic mass is 9.90. The maximum absolute atomic E-state index is 14.7. The molecule has 2 aromatic rings. The van der Waals surface area contributed by atoms with E-state index in [0.29, 0.717) is 36.9 Å². The maximum atomic E-state index is 14.7. The lowest BCUT2D eigenvalue weighted by molar-refractivity contribution is 0.0815. The average Bonchev–Trinajstić information content (AvgIpc) is 3.22. The zero-order valence-electron chi connectivity index (χ0n) is 19.7. The van der Waals surface area contributed by atoms with E-state index in [9.17, 15) is 4.39 Å². The number of nitrogens with two attached hydrogens (primary N) is 1. The fourth-order valence-corrected chi connectivity index (χ4v) is 5.59. The predicted molar refractivity (Wildman–Crippen MR) is 129 cm³/mol. The summed E-state index contributed by atoms with van der Waals surface area (Å²) in [5.41, 5.74) is 9.31. The van der Waals surface area contributed by atoms with Crippen molar-refractivity contribution in [3.05, 3.63) is 29.6 Å². The summed E-state index contributed by atoms with van der Waals surface area (Å²) < 4.78 is 16.8. The fraction of sp³-hybridized carbons (Fsp3) is 0.625. The minimum atomic E-state index is -0.219. The third-order valence-electron chi connectivity index (χ3n) is 7.51. The number of aromatic nitrogens is 4. The molecule has 0 radical (unpaired) electrons. The molecule has 0 amide bonds. The van der Waals surface area contributed by atoms with Crippen LogP contribution in [0.3, 0.4) is 0 Å². The highest BCUT2D eigenvalue weighted by Gasteiger charge is 2.31. The van der Waals surface area contributed by atoms with Crippen LogP contribution in [-0.2, 0) is 0 Å². The molecule has 1 aliphatic heterocycles. The number of allylic oxidation sites excluding steroid dienone is 4. The van der Waals surface area contributed by atoms with Crippen molar-refractivity contribution in [2.24, 2.45) is 0 Å². The Morgan fingerprint density at radius 3 is 2.48 bits per heavy atom. The van der Waals surface area contributed by atoms with E-state index in [2.05, 4.69) is 32.1 Å². The Morgan fingerprint density at radius 2 is 1.79 bits per heavy atom. The number of rotatable bonds is 5. The molecule has 3 N–H and O–H groups in total. The van der Waals surface area contributed by atoms with E-state index in [0.717, 1.165) is 74.2 Å². The number of nitrogens with zero attached hydrogens (tertiary/aromatic N) is 6. The Balaban J connectivity index is 1.40. The van der Waals surface area contributed by atoms with Crippen molar-refractivity contribution in [1.82, 2.24) is 34.9 Å². The number of hydrogen-bond acceptors (Lipinski definition) is 7. The maximum Gasteiger partial charge on any atom is 0.164 e. The second-order valence-corrected chi connectivity index (χ2v) is 9.58. The summed E-state index contributed by atoms with van der Waals surface area (Å²) in [5, 5.41) is 8.86. The van der Waals surface area contributed by atoms with Crippen molar-refractivity contribution in [2.45, 2.75) is 57.5 Å². The van der Waals surface area contributed by atoms with Crippen LogP contribution in [0.25, 0.3) is 16.6 Å². The molecule has 3 aliphatic rings. The molecule has 9 heteroatoms. The van der Waals surface area contributed by atoms with Crippen molar-refractivity contribution in [3.63, 3.8) is 0 Å². The molecule has 3 heterocycles. The van der Waals surface area contributed by atoms with E-state index in [-0.39, 0.29) is 11.9 Å². The largest absolute Gasteiger partial charge is 0.386 e. The molecule has 0 atom stereocenters. The first-order chi connectivity index (χ1) is 16.0. The predicted octanol–water partition coefficient (Wildman–Crippen LogP) is 3.11. The van der Waals surface area contributed by atoms with Gasteiger partial charge in [-0.1, -0.05) is 0 Å². The average molecular weight is 455 g/mol. The lowest BCUT2D eigenvalue weighted by Crippen LogP contribution is -2.49. The molecule has 2 fully saturated rings. The van der Waals surface area contributed by atoms with Crippen LogP contribution in [0.4, 0.5) is 10.2 Å². The standard InChI is InChI=1S/C24H35FN8/c1-3-27-20-9-4-16(14-19(20)25)22-21-23(26)28-15-29-24(21)33(30-22)18-7-5-17(6-8-18)32-12-10-31(2)11-13-32/h14-15,17-18,27H,3-13H2,1-2H3,(H2,26,28,29). The van der Waals surface area contributed by atoms with E-state index in [1.54, 1.807) is 6.08 Å². The first-order valence-corrected chi connectivity index (χ1v) is 12.3. The highest BCUT2D eigenvalue weighted by molar-refractivity contribution is 5.96. The monoisotopic (exact) mass is 454 g/mol. The third kappa shape index (κ3) is 4.36. The number of hydrogen-bond donors (Lipinski definition) is 2. The number of halogens is 1. The molecule has 0 spiro atoms. The summed E-state index contributed by atoms with van der Waals surface area (Å²) in [6.45, 7) is 7.31. The Kier molecular flexibility index (Phi) is 6.34. The number of piperazine rings is 1. The van der Waals surface area contributed by atoms with Crippen molar-refractivity contribution < 1.29 is 4.39 Å². The van der Waals surface area contributed by atoms with E-state index in [4.69, 9.17) is 10.8 Å². The Labute approximate surface area is 194 Å². The van der Waals surface area contributed by atoms with Crippen molar-refractivity contribution in [1.29, 1.82) is 0 Å². The SMILES string of the molecule is CCNC1=C(F)C=C(c2nn(C3CCC(N4CCN(C)CC4)CC3)c3ncnc(N)c23)CC1. The van der Waals surface area contributed by atoms with Crippen LogP contribution >= 0.6 is 0 Å². The molecule has 8 nitrogen and oxygen atoms in total. The molecule has 0 aromatic carbocycles. The highest BCUT2D eigenvalue weighted by Crippen LogP contribution is 2.38. The normalized spacial score (nSPS) is 25.5. The van der Waals surface area contributed by atoms with Crippen LogP contribution < -0.4 is 11.1 Å². The first kappa shape index (κ1) is 22.3. The second-order valence-electron chi connectivity index (χ2n) is 9.58. The van der Waals surface area contributed by atoms with Gasteiger partial charge in [0.1, 0.15) is 23.7 Å². The lowest BCUT2D eigenvalue weighted by Gasteiger charge is -2.41. The Hall–Kier alpha value is -2.52. The van der Waals surface area contributed by atoms with Gasteiger partial charge in [-0.15, -0.1) is 0 Å². The number of anilines is 1. The van der Waals surface area contributed by atoms with Crippen molar-refractivity contribution >= 4 is 22.4 Å². The number of fused-ring (bicyclic) bond motifs is 1. The van der Waals surface area contributed by atoms with E-state index < -0.39 is 0 Å². The van der Waals surface area contributed by atoms with Gasteiger partial charge in [-0.25, -0.2) is 19.0 Å². The molecule has 0 bridgehead atoms. The quantitative estimate of drug-likeness (QED) is 0.718. The molecular weight excluding hydrogens is 419 g/mol.